The van der Waals surface area contributed by atoms with Crippen LogP contribution in [0.25, 0.3) is 0 Å². The third-order valence-corrected chi connectivity index (χ3v) is 4.81. The molecule has 1 amide bonds. The molecule has 2 aliphatic heterocycles. The monoisotopic (exact) mass is 302 g/mol. The maximum absolute atomic E-state index is 11.8. The number of rotatable bonds is 3. The van der Waals surface area contributed by atoms with Gasteiger partial charge in [-0.15, -0.1) is 0 Å². The van der Waals surface area contributed by atoms with Gasteiger partial charge in [0.1, 0.15) is 11.9 Å². The summed E-state index contributed by atoms with van der Waals surface area (Å²) in [6, 6.07) is 6.88. The highest BCUT2D eigenvalue weighted by Gasteiger charge is 2.31. The van der Waals surface area contributed by atoms with Crippen LogP contribution < -0.4 is 10.6 Å². The van der Waals surface area contributed by atoms with Gasteiger partial charge in [0, 0.05) is 37.4 Å². The molecule has 3 rings (SSSR count). The number of carbonyl (C=O) groups excluding carboxylic acids is 1. The van der Waals surface area contributed by atoms with Crippen molar-refractivity contribution >= 4 is 11.7 Å². The van der Waals surface area contributed by atoms with E-state index < -0.39 is 0 Å². The molecule has 0 aliphatic carbocycles. The van der Waals surface area contributed by atoms with Gasteiger partial charge in [-0.1, -0.05) is 6.92 Å². The number of amides is 1. The standard InChI is InChI=1S/C17H24N3O2/c1-12-5-8-20(15(11-12)17(18)21)16-4-2-3-14(19-16)13-6-9-22-10-7-13/h2-3,12-13,15H,5-11H2,1H3,(H2,18,21). The van der Waals surface area contributed by atoms with Gasteiger partial charge in [0.05, 0.1) is 0 Å². The first-order chi connectivity index (χ1) is 10.6. The van der Waals surface area contributed by atoms with E-state index in [9.17, 15) is 4.79 Å². The van der Waals surface area contributed by atoms with Gasteiger partial charge in [0.15, 0.2) is 0 Å². The summed E-state index contributed by atoms with van der Waals surface area (Å²) in [5.74, 6) is 1.46. The molecule has 5 heteroatoms. The maximum atomic E-state index is 11.8. The molecule has 1 aromatic rings. The van der Waals surface area contributed by atoms with Crippen molar-refractivity contribution in [3.05, 3.63) is 23.9 Å². The summed E-state index contributed by atoms with van der Waals surface area (Å²) in [6.07, 6.45) is 3.87. The average Bonchev–Trinajstić information content (AvgIpc) is 2.55. The minimum absolute atomic E-state index is 0.266. The second-order valence-corrected chi connectivity index (χ2v) is 6.47. The summed E-state index contributed by atoms with van der Waals surface area (Å²) < 4.78 is 5.42. The Balaban J connectivity index is 1.82. The number of primary amides is 1. The summed E-state index contributed by atoms with van der Waals surface area (Å²) in [6.45, 7) is 4.58. The number of ether oxygens (including phenoxy) is 1. The van der Waals surface area contributed by atoms with E-state index in [-0.39, 0.29) is 11.9 Å². The van der Waals surface area contributed by atoms with E-state index >= 15 is 0 Å². The Labute approximate surface area is 131 Å². The first-order valence-electron chi connectivity index (χ1n) is 8.17. The Morgan fingerprint density at radius 1 is 1.41 bits per heavy atom. The molecule has 2 fully saturated rings. The fourth-order valence-electron chi connectivity index (χ4n) is 3.43. The van der Waals surface area contributed by atoms with Crippen molar-refractivity contribution in [3.63, 3.8) is 0 Å². The minimum atomic E-state index is -0.266. The van der Waals surface area contributed by atoms with Crippen molar-refractivity contribution in [2.24, 2.45) is 11.7 Å². The van der Waals surface area contributed by atoms with Gasteiger partial charge in [0.2, 0.25) is 5.91 Å². The van der Waals surface area contributed by atoms with Gasteiger partial charge in [-0.05, 0) is 43.7 Å². The molecule has 2 unspecified atom stereocenters. The van der Waals surface area contributed by atoms with E-state index in [1.807, 2.05) is 17.0 Å². The topological polar surface area (TPSA) is 68.4 Å². The zero-order chi connectivity index (χ0) is 15.5. The third-order valence-electron chi connectivity index (χ3n) is 4.81. The second kappa shape index (κ2) is 6.65. The van der Waals surface area contributed by atoms with Gasteiger partial charge in [-0.25, -0.2) is 4.98 Å². The number of carbonyl (C=O) groups is 1. The molecular formula is C17H24N3O2. The van der Waals surface area contributed by atoms with Crippen LogP contribution in [0.2, 0.25) is 0 Å². The third kappa shape index (κ3) is 3.24. The van der Waals surface area contributed by atoms with Crippen LogP contribution in [-0.4, -0.2) is 36.7 Å². The molecule has 2 N–H and O–H groups in total. The molecule has 1 radical (unpaired) electrons. The Morgan fingerprint density at radius 3 is 2.91 bits per heavy atom. The van der Waals surface area contributed by atoms with Crippen molar-refractivity contribution in [2.45, 2.75) is 44.6 Å². The lowest BCUT2D eigenvalue weighted by Crippen LogP contribution is -2.50. The molecule has 0 spiro atoms. The van der Waals surface area contributed by atoms with Gasteiger partial charge in [-0.3, -0.25) is 4.79 Å². The Hall–Kier alpha value is -1.62. The highest BCUT2D eigenvalue weighted by atomic mass is 16.5. The normalized spacial score (nSPS) is 26.9. The van der Waals surface area contributed by atoms with Crippen LogP contribution in [0.15, 0.2) is 12.1 Å². The molecule has 3 heterocycles. The Kier molecular flexibility index (Phi) is 4.62. The molecule has 2 atom stereocenters. The van der Waals surface area contributed by atoms with Crippen LogP contribution in [0.5, 0.6) is 0 Å². The molecular weight excluding hydrogens is 278 g/mol. The van der Waals surface area contributed by atoms with Crippen LogP contribution in [-0.2, 0) is 9.53 Å². The SMILES string of the molecule is CC1CCN(c2[c]ccc(C3CCOCC3)n2)C(C(N)=O)C1. The number of anilines is 1. The van der Waals surface area contributed by atoms with Crippen LogP contribution >= 0.6 is 0 Å². The van der Waals surface area contributed by atoms with Crippen molar-refractivity contribution in [2.75, 3.05) is 24.7 Å². The van der Waals surface area contributed by atoms with Crippen molar-refractivity contribution in [1.82, 2.24) is 4.98 Å². The number of nitrogens with two attached hydrogens (primary N) is 1. The molecule has 0 bridgehead atoms. The number of hydrogen-bond donors (Lipinski definition) is 1. The molecule has 0 saturated carbocycles. The first-order valence-corrected chi connectivity index (χ1v) is 8.17. The lowest BCUT2D eigenvalue weighted by Gasteiger charge is -2.37. The van der Waals surface area contributed by atoms with E-state index in [1.165, 1.54) is 0 Å². The van der Waals surface area contributed by atoms with Crippen LogP contribution in [0, 0.1) is 12.0 Å². The van der Waals surface area contributed by atoms with Crippen LogP contribution in [0.4, 0.5) is 5.82 Å². The lowest BCUT2D eigenvalue weighted by molar-refractivity contribution is -0.120. The molecule has 2 aliphatic rings. The van der Waals surface area contributed by atoms with Crippen molar-refractivity contribution in [3.8, 4) is 0 Å². The zero-order valence-electron chi connectivity index (χ0n) is 13.1. The highest BCUT2D eigenvalue weighted by Crippen LogP contribution is 2.30. The molecule has 119 valence electrons. The summed E-state index contributed by atoms with van der Waals surface area (Å²) in [5, 5.41) is 0. The predicted octanol–water partition coefficient (Wildman–Crippen LogP) is 1.87. The largest absolute Gasteiger partial charge is 0.381 e. The number of nitrogens with zero attached hydrogens (tertiary/aromatic N) is 2. The lowest BCUT2D eigenvalue weighted by atomic mass is 9.92. The van der Waals surface area contributed by atoms with Gasteiger partial charge >= 0.3 is 0 Å². The van der Waals surface area contributed by atoms with E-state index in [0.717, 1.165) is 57.0 Å². The van der Waals surface area contributed by atoms with Gasteiger partial charge in [0.25, 0.3) is 0 Å². The zero-order valence-corrected chi connectivity index (χ0v) is 13.1. The van der Waals surface area contributed by atoms with Crippen molar-refractivity contribution in [1.29, 1.82) is 0 Å². The van der Waals surface area contributed by atoms with E-state index in [0.29, 0.717) is 11.8 Å². The summed E-state index contributed by atoms with van der Waals surface area (Å²) in [4.78, 5) is 18.6. The van der Waals surface area contributed by atoms with Gasteiger partial charge < -0.3 is 15.4 Å². The second-order valence-electron chi connectivity index (χ2n) is 6.47. The van der Waals surface area contributed by atoms with Crippen LogP contribution in [0.3, 0.4) is 0 Å². The van der Waals surface area contributed by atoms with E-state index in [2.05, 4.69) is 13.0 Å². The van der Waals surface area contributed by atoms with E-state index in [4.69, 9.17) is 15.5 Å². The number of aromatic nitrogens is 1. The smallest absolute Gasteiger partial charge is 0.240 e. The molecule has 22 heavy (non-hydrogen) atoms. The highest BCUT2D eigenvalue weighted by molar-refractivity contribution is 5.83. The van der Waals surface area contributed by atoms with Crippen molar-refractivity contribution < 1.29 is 9.53 Å². The number of hydrogen-bond acceptors (Lipinski definition) is 4. The Bertz CT molecular complexity index is 528. The summed E-state index contributed by atoms with van der Waals surface area (Å²) in [7, 11) is 0. The summed E-state index contributed by atoms with van der Waals surface area (Å²) >= 11 is 0. The molecule has 2 saturated heterocycles. The van der Waals surface area contributed by atoms with Crippen LogP contribution in [0.1, 0.15) is 44.2 Å². The fraction of sp³-hybridized carbons (Fsp3) is 0.647. The predicted molar refractivity (Wildman–Crippen MR) is 84.6 cm³/mol. The maximum Gasteiger partial charge on any atom is 0.240 e. The molecule has 0 aromatic carbocycles. The quantitative estimate of drug-likeness (QED) is 0.925. The fourth-order valence-corrected chi connectivity index (χ4v) is 3.43. The van der Waals surface area contributed by atoms with Gasteiger partial charge in [-0.2, -0.15) is 0 Å². The molecule has 1 aromatic heterocycles. The first kappa shape index (κ1) is 15.3. The average molecular weight is 302 g/mol. The molecule has 5 nitrogen and oxygen atoms in total. The minimum Gasteiger partial charge on any atom is -0.381 e. The Morgan fingerprint density at radius 2 is 2.18 bits per heavy atom. The summed E-state index contributed by atoms with van der Waals surface area (Å²) in [5.41, 5.74) is 6.68. The number of piperidine rings is 1. The number of pyridine rings is 1. The van der Waals surface area contributed by atoms with E-state index in [1.54, 1.807) is 0 Å².